The van der Waals surface area contributed by atoms with Gasteiger partial charge in [0, 0.05) is 12.1 Å². The predicted octanol–water partition coefficient (Wildman–Crippen LogP) is 1.41. The Balaban J connectivity index is 1.68. The zero-order valence-electron chi connectivity index (χ0n) is 12.0. The van der Waals surface area contributed by atoms with Crippen LogP contribution >= 0.6 is 0 Å². The highest BCUT2D eigenvalue weighted by atomic mass is 32.2. The van der Waals surface area contributed by atoms with Crippen molar-refractivity contribution in [3.05, 3.63) is 47.0 Å². The summed E-state index contributed by atoms with van der Waals surface area (Å²) in [6, 6.07) is 4.51. The van der Waals surface area contributed by atoms with E-state index < -0.39 is 21.1 Å². The Morgan fingerprint density at radius 2 is 2.04 bits per heavy atom. The van der Waals surface area contributed by atoms with E-state index >= 15 is 0 Å². The predicted molar refractivity (Wildman–Crippen MR) is 78.4 cm³/mol. The summed E-state index contributed by atoms with van der Waals surface area (Å²) in [5.74, 6) is 0. The zero-order chi connectivity index (χ0) is 16.6. The highest BCUT2D eigenvalue weighted by Crippen LogP contribution is 2.38. The highest BCUT2D eigenvalue weighted by molar-refractivity contribution is 7.86. The van der Waals surface area contributed by atoms with Crippen molar-refractivity contribution in [2.24, 2.45) is 0 Å². The smallest absolute Gasteiger partial charge is 0.297 e. The van der Waals surface area contributed by atoms with Gasteiger partial charge in [0.05, 0.1) is 22.5 Å². The second kappa shape index (κ2) is 6.00. The fourth-order valence-electron chi connectivity index (χ4n) is 2.54. The lowest BCUT2D eigenvalue weighted by Gasteiger charge is -2.24. The molecule has 0 saturated carbocycles. The molecule has 2 aliphatic heterocycles. The third kappa shape index (κ3) is 3.27. The third-order valence-electron chi connectivity index (χ3n) is 3.75. The van der Waals surface area contributed by atoms with Gasteiger partial charge in [-0.3, -0.25) is 14.3 Å². The summed E-state index contributed by atoms with van der Waals surface area (Å²) in [7, 11) is -4.04. The number of ether oxygens (including phenoxy) is 2. The van der Waals surface area contributed by atoms with E-state index in [1.807, 2.05) is 0 Å². The van der Waals surface area contributed by atoms with Crippen LogP contribution < -0.4 is 0 Å². The molecule has 1 aromatic carbocycles. The molecule has 0 unspecified atom stereocenters. The van der Waals surface area contributed by atoms with Crippen LogP contribution in [-0.4, -0.2) is 44.4 Å². The van der Waals surface area contributed by atoms with Crippen LogP contribution in [0.4, 0.5) is 5.69 Å². The topological polar surface area (TPSA) is 108 Å². The van der Waals surface area contributed by atoms with Crippen molar-refractivity contribution in [1.29, 1.82) is 0 Å². The Kier molecular flexibility index (Phi) is 4.19. The lowest BCUT2D eigenvalue weighted by molar-refractivity contribution is -0.384. The number of nitro groups is 1. The van der Waals surface area contributed by atoms with Gasteiger partial charge in [-0.1, -0.05) is 6.08 Å². The summed E-state index contributed by atoms with van der Waals surface area (Å²) < 4.78 is 40.6. The fourth-order valence-corrected chi connectivity index (χ4v) is 3.62. The van der Waals surface area contributed by atoms with Crippen molar-refractivity contribution in [2.45, 2.75) is 35.7 Å². The molecule has 23 heavy (non-hydrogen) atoms. The molecule has 0 amide bonds. The van der Waals surface area contributed by atoms with Crippen LogP contribution in [0.2, 0.25) is 0 Å². The Labute approximate surface area is 132 Å². The number of nitrogens with zero attached hydrogens (tertiary/aromatic N) is 1. The zero-order valence-corrected chi connectivity index (χ0v) is 12.8. The van der Waals surface area contributed by atoms with Crippen molar-refractivity contribution in [3.63, 3.8) is 0 Å². The molecule has 0 bridgehead atoms. The largest absolute Gasteiger partial charge is 0.372 e. The van der Waals surface area contributed by atoms with Crippen molar-refractivity contribution in [2.75, 3.05) is 6.61 Å². The first-order valence-electron chi connectivity index (χ1n) is 6.98. The molecule has 9 heteroatoms. The van der Waals surface area contributed by atoms with E-state index in [4.69, 9.17) is 13.7 Å². The molecule has 8 nitrogen and oxygen atoms in total. The molecule has 0 radical (unpaired) electrons. The molecule has 4 atom stereocenters. The van der Waals surface area contributed by atoms with Gasteiger partial charge >= 0.3 is 0 Å². The van der Waals surface area contributed by atoms with Gasteiger partial charge in [-0.25, -0.2) is 0 Å². The molecule has 0 N–H and O–H groups in total. The minimum absolute atomic E-state index is 0.103. The van der Waals surface area contributed by atoms with E-state index in [0.717, 1.165) is 24.3 Å². The molecule has 2 fully saturated rings. The molecule has 0 aliphatic carbocycles. The van der Waals surface area contributed by atoms with E-state index in [1.54, 1.807) is 6.08 Å². The van der Waals surface area contributed by atoms with Gasteiger partial charge in [0.1, 0.15) is 18.3 Å². The molecule has 0 aromatic heterocycles. The molecule has 3 rings (SSSR count). The van der Waals surface area contributed by atoms with Crippen LogP contribution in [0.5, 0.6) is 0 Å². The van der Waals surface area contributed by atoms with E-state index in [1.165, 1.54) is 0 Å². The first-order chi connectivity index (χ1) is 10.9. The van der Waals surface area contributed by atoms with Crippen LogP contribution in [0.15, 0.2) is 41.8 Å². The summed E-state index contributed by atoms with van der Waals surface area (Å²) in [5, 5.41) is 10.6. The molecule has 124 valence electrons. The number of rotatable bonds is 6. The average Bonchev–Trinajstić information content (AvgIpc) is 3.31. The van der Waals surface area contributed by atoms with Crippen LogP contribution in [0.1, 0.15) is 6.42 Å². The minimum atomic E-state index is -4.04. The molecule has 2 aliphatic rings. The van der Waals surface area contributed by atoms with Gasteiger partial charge in [-0.2, -0.15) is 8.42 Å². The normalized spacial score (nSPS) is 29.6. The first kappa shape index (κ1) is 16.1. The van der Waals surface area contributed by atoms with Crippen molar-refractivity contribution >= 4 is 15.8 Å². The maximum Gasteiger partial charge on any atom is 0.297 e. The summed E-state index contributed by atoms with van der Waals surface area (Å²) >= 11 is 0. The number of non-ortho nitro benzene ring substituents is 1. The number of epoxide rings is 1. The van der Waals surface area contributed by atoms with Crippen molar-refractivity contribution in [3.8, 4) is 0 Å². The Hall–Kier alpha value is -1.81. The summed E-state index contributed by atoms with van der Waals surface area (Å²) in [5.41, 5.74) is -0.192. The molecule has 0 spiro atoms. The molecule has 2 saturated heterocycles. The molecular formula is C14H15NO7S. The fraction of sp³-hybridized carbons (Fsp3) is 0.429. The molecular weight excluding hydrogens is 326 g/mol. The van der Waals surface area contributed by atoms with E-state index in [2.05, 4.69) is 6.58 Å². The van der Waals surface area contributed by atoms with Crippen LogP contribution in [0, 0.1) is 10.1 Å². The number of fused-ring (bicyclic) bond motifs is 1. The summed E-state index contributed by atoms with van der Waals surface area (Å²) in [4.78, 5) is 9.85. The van der Waals surface area contributed by atoms with Gasteiger partial charge in [-0.15, -0.1) is 6.58 Å². The first-order valence-corrected chi connectivity index (χ1v) is 8.39. The van der Waals surface area contributed by atoms with Gasteiger partial charge < -0.3 is 9.47 Å². The maximum absolute atomic E-state index is 12.2. The second-order valence-corrected chi connectivity index (χ2v) is 6.87. The van der Waals surface area contributed by atoms with Gasteiger partial charge in [-0.05, 0) is 18.6 Å². The highest BCUT2D eigenvalue weighted by Gasteiger charge is 2.55. The summed E-state index contributed by atoms with van der Waals surface area (Å²) in [6.07, 6.45) is 1.00. The second-order valence-electron chi connectivity index (χ2n) is 5.30. The lowest BCUT2D eigenvalue weighted by Crippen LogP contribution is -2.39. The Morgan fingerprint density at radius 1 is 1.35 bits per heavy atom. The molecule has 2 heterocycles. The van der Waals surface area contributed by atoms with Gasteiger partial charge in [0.15, 0.2) is 0 Å². The van der Waals surface area contributed by atoms with Crippen molar-refractivity contribution < 1.29 is 27.0 Å². The van der Waals surface area contributed by atoms with Crippen molar-refractivity contribution in [1.82, 2.24) is 0 Å². The number of hydrogen-bond donors (Lipinski definition) is 0. The summed E-state index contributed by atoms with van der Waals surface area (Å²) in [6.45, 7) is 3.74. The Bertz CT molecular complexity index is 715. The van der Waals surface area contributed by atoms with Crippen LogP contribution in [-0.2, 0) is 23.8 Å². The van der Waals surface area contributed by atoms with E-state index in [-0.39, 0.29) is 35.5 Å². The number of benzene rings is 1. The monoisotopic (exact) mass is 341 g/mol. The van der Waals surface area contributed by atoms with Gasteiger partial charge in [0.25, 0.3) is 15.8 Å². The van der Waals surface area contributed by atoms with E-state index in [9.17, 15) is 18.5 Å². The standard InChI is InChI=1S/C14H15NO7S/c1-2-3-11-13-14(21-13)12(8-20-11)22-23(18,19)10-6-4-9(5-7-10)15(16)17/h2,4-7,11-14H,1,3,8H2/t11-,12+,13-,14+/m1/s1. The SMILES string of the molecule is C=CC[C@H]1OC[C@H](OS(=O)(=O)c2ccc([N+](=O)[O-])cc2)[C@@H]2O[C@@H]21. The number of hydrogen-bond acceptors (Lipinski definition) is 7. The Morgan fingerprint density at radius 3 is 2.65 bits per heavy atom. The van der Waals surface area contributed by atoms with Gasteiger partial charge in [0.2, 0.25) is 0 Å². The molecule has 1 aromatic rings. The average molecular weight is 341 g/mol. The minimum Gasteiger partial charge on any atom is -0.372 e. The number of nitro benzene ring substituents is 1. The van der Waals surface area contributed by atoms with Crippen LogP contribution in [0.3, 0.4) is 0 Å². The van der Waals surface area contributed by atoms with E-state index in [0.29, 0.717) is 6.42 Å². The third-order valence-corrected chi connectivity index (χ3v) is 5.10. The quantitative estimate of drug-likeness (QED) is 0.253. The maximum atomic E-state index is 12.2. The lowest BCUT2D eigenvalue weighted by atomic mass is 10.1. The van der Waals surface area contributed by atoms with Crippen LogP contribution in [0.25, 0.3) is 0 Å².